The van der Waals surface area contributed by atoms with Crippen molar-refractivity contribution in [2.45, 2.75) is 39.5 Å². The molecule has 0 aliphatic rings. The second-order valence-corrected chi connectivity index (χ2v) is 9.31. The first-order valence-corrected chi connectivity index (χ1v) is 11.9. The van der Waals surface area contributed by atoms with Crippen LogP contribution in [0, 0.1) is 6.92 Å². The molecule has 1 heterocycles. The van der Waals surface area contributed by atoms with Gasteiger partial charge in [0.2, 0.25) is 0 Å². The molecule has 7 heteroatoms. The van der Waals surface area contributed by atoms with Crippen LogP contribution in [0.3, 0.4) is 0 Å². The first-order valence-electron chi connectivity index (χ1n) is 10.3. The maximum atomic E-state index is 6.48. The minimum absolute atomic E-state index is 0.0119. The summed E-state index contributed by atoms with van der Waals surface area (Å²) in [5, 5.41) is 2.16. The number of methoxy groups -OCH3 is 1. The van der Waals surface area contributed by atoms with Crippen LogP contribution < -0.4 is 4.90 Å². The van der Waals surface area contributed by atoms with Crippen molar-refractivity contribution < 1.29 is 9.47 Å². The first kappa shape index (κ1) is 24.0. The van der Waals surface area contributed by atoms with Gasteiger partial charge in [0.15, 0.2) is 11.4 Å². The van der Waals surface area contributed by atoms with E-state index < -0.39 is 0 Å². The summed E-state index contributed by atoms with van der Waals surface area (Å²) in [6.45, 7) is 7.50. The molecule has 0 N–H and O–H groups in total. The van der Waals surface area contributed by atoms with Crippen molar-refractivity contribution in [3.05, 3.63) is 69.0 Å². The zero-order valence-corrected chi connectivity index (χ0v) is 20.6. The highest BCUT2D eigenvalue weighted by Crippen LogP contribution is 2.39. The van der Waals surface area contributed by atoms with Crippen LogP contribution in [-0.4, -0.2) is 31.5 Å². The Morgan fingerprint density at radius 3 is 2.52 bits per heavy atom. The van der Waals surface area contributed by atoms with E-state index in [-0.39, 0.29) is 12.3 Å². The molecule has 3 rings (SSSR count). The molecular weight excluding hydrogens is 451 g/mol. The largest absolute Gasteiger partial charge is 0.356 e. The summed E-state index contributed by atoms with van der Waals surface area (Å²) >= 11 is 14.2. The van der Waals surface area contributed by atoms with Gasteiger partial charge in [0.25, 0.3) is 0 Å². The molecule has 2 atom stereocenters. The first-order chi connectivity index (χ1) is 14.9. The summed E-state index contributed by atoms with van der Waals surface area (Å²) in [7, 11) is 1.65. The lowest BCUT2D eigenvalue weighted by Gasteiger charge is -2.32. The van der Waals surface area contributed by atoms with Gasteiger partial charge in [-0.05, 0) is 44.0 Å². The van der Waals surface area contributed by atoms with Gasteiger partial charge in [-0.15, -0.1) is 11.3 Å². The second-order valence-electron chi connectivity index (χ2n) is 7.28. The quantitative estimate of drug-likeness (QED) is 0.284. The molecule has 0 aliphatic carbocycles. The zero-order valence-electron chi connectivity index (χ0n) is 18.3. The second kappa shape index (κ2) is 11.3. The summed E-state index contributed by atoms with van der Waals surface area (Å²) in [4.78, 5) is 8.44. The van der Waals surface area contributed by atoms with Gasteiger partial charge < -0.3 is 14.4 Å². The zero-order chi connectivity index (χ0) is 22.4. The highest BCUT2D eigenvalue weighted by Gasteiger charge is 2.25. The number of anilines is 1. The molecule has 2 unspecified atom stereocenters. The Morgan fingerprint density at radius 2 is 1.87 bits per heavy atom. The Hall–Kier alpha value is -1.63. The molecule has 4 nitrogen and oxygen atoms in total. The van der Waals surface area contributed by atoms with E-state index in [0.717, 1.165) is 34.2 Å². The third kappa shape index (κ3) is 5.99. The Morgan fingerprint density at radius 1 is 1.13 bits per heavy atom. The van der Waals surface area contributed by atoms with Gasteiger partial charge in [-0.2, -0.15) is 0 Å². The van der Waals surface area contributed by atoms with Crippen molar-refractivity contribution >= 4 is 39.7 Å². The SMILES string of the molecule is CCCN(c1nc(-c2ccc(Cl)cc2Cl)c(C)s1)C(COC(C)OC)c1ccccc1. The molecule has 0 aliphatic heterocycles. The molecule has 31 heavy (non-hydrogen) atoms. The maximum absolute atomic E-state index is 6.48. The van der Waals surface area contributed by atoms with E-state index >= 15 is 0 Å². The van der Waals surface area contributed by atoms with E-state index in [4.69, 9.17) is 37.7 Å². The number of hydrogen-bond acceptors (Lipinski definition) is 5. The van der Waals surface area contributed by atoms with Crippen LogP contribution in [0.2, 0.25) is 10.0 Å². The third-order valence-corrected chi connectivity index (χ3v) is 6.62. The van der Waals surface area contributed by atoms with Gasteiger partial charge in [0.1, 0.15) is 0 Å². The number of benzene rings is 2. The van der Waals surface area contributed by atoms with E-state index in [9.17, 15) is 0 Å². The van der Waals surface area contributed by atoms with Crippen molar-refractivity contribution in [1.82, 2.24) is 4.98 Å². The average molecular weight is 479 g/mol. The van der Waals surface area contributed by atoms with Crippen molar-refractivity contribution in [3.63, 3.8) is 0 Å². The van der Waals surface area contributed by atoms with Gasteiger partial charge in [-0.3, -0.25) is 0 Å². The molecule has 0 saturated heterocycles. The van der Waals surface area contributed by atoms with Crippen molar-refractivity contribution in [1.29, 1.82) is 0 Å². The van der Waals surface area contributed by atoms with Crippen molar-refractivity contribution in [2.24, 2.45) is 0 Å². The van der Waals surface area contributed by atoms with Crippen LogP contribution in [0.25, 0.3) is 11.3 Å². The fourth-order valence-electron chi connectivity index (χ4n) is 3.40. The molecule has 166 valence electrons. The highest BCUT2D eigenvalue weighted by atomic mass is 35.5. The van der Waals surface area contributed by atoms with Gasteiger partial charge in [-0.1, -0.05) is 60.5 Å². The summed E-state index contributed by atoms with van der Waals surface area (Å²) in [6.07, 6.45) is 0.704. The summed E-state index contributed by atoms with van der Waals surface area (Å²) < 4.78 is 11.3. The van der Waals surface area contributed by atoms with Gasteiger partial charge in [0, 0.05) is 29.1 Å². The minimum Gasteiger partial charge on any atom is -0.356 e. The summed E-state index contributed by atoms with van der Waals surface area (Å²) in [6, 6.07) is 15.9. The van der Waals surface area contributed by atoms with Gasteiger partial charge in [-0.25, -0.2) is 4.98 Å². The minimum atomic E-state index is -0.281. The number of ether oxygens (including phenoxy) is 2. The molecule has 3 aromatic rings. The molecule has 0 spiro atoms. The molecule has 2 aromatic carbocycles. The highest BCUT2D eigenvalue weighted by molar-refractivity contribution is 7.16. The van der Waals surface area contributed by atoms with Crippen molar-refractivity contribution in [2.75, 3.05) is 25.2 Å². The van der Waals surface area contributed by atoms with E-state index in [1.165, 1.54) is 5.56 Å². The Bertz CT molecular complexity index is 981. The number of thiazole rings is 1. The Kier molecular flexibility index (Phi) is 8.76. The maximum Gasteiger partial charge on any atom is 0.186 e. The van der Waals surface area contributed by atoms with Crippen LogP contribution in [0.5, 0.6) is 0 Å². The summed E-state index contributed by atoms with van der Waals surface area (Å²) in [5.74, 6) is 0. The Labute approximate surface area is 198 Å². The normalized spacial score (nSPS) is 13.2. The van der Waals surface area contributed by atoms with Crippen LogP contribution in [0.4, 0.5) is 5.13 Å². The predicted molar refractivity (Wildman–Crippen MR) is 132 cm³/mol. The van der Waals surface area contributed by atoms with Gasteiger partial charge >= 0.3 is 0 Å². The number of hydrogen-bond donors (Lipinski definition) is 0. The van der Waals surface area contributed by atoms with E-state index in [0.29, 0.717) is 16.7 Å². The molecular formula is C24H28Cl2N2O2S. The van der Waals surface area contributed by atoms with E-state index in [2.05, 4.69) is 43.0 Å². The monoisotopic (exact) mass is 478 g/mol. The molecule has 0 saturated carbocycles. The average Bonchev–Trinajstić information content (AvgIpc) is 3.14. The fourth-order valence-corrected chi connectivity index (χ4v) is 4.90. The van der Waals surface area contributed by atoms with Crippen molar-refractivity contribution in [3.8, 4) is 11.3 Å². The number of aromatic nitrogens is 1. The standard InChI is InChI=1S/C24H28Cl2N2O2S/c1-5-13-28(22(15-30-17(3)29-4)18-9-7-6-8-10-18)24-27-23(16(2)31-24)20-12-11-19(25)14-21(20)26/h6-12,14,17,22H,5,13,15H2,1-4H3. The lowest BCUT2D eigenvalue weighted by molar-refractivity contribution is -0.114. The fraction of sp³-hybridized carbons (Fsp3) is 0.375. The van der Waals surface area contributed by atoms with Crippen LogP contribution in [0.1, 0.15) is 36.8 Å². The number of rotatable bonds is 10. The summed E-state index contributed by atoms with van der Waals surface area (Å²) in [5.41, 5.74) is 2.96. The van der Waals surface area contributed by atoms with Gasteiger partial charge in [0.05, 0.1) is 23.4 Å². The Balaban J connectivity index is 2.00. The van der Waals surface area contributed by atoms with E-state index in [1.54, 1.807) is 24.5 Å². The predicted octanol–water partition coefficient (Wildman–Crippen LogP) is 7.39. The lowest BCUT2D eigenvalue weighted by atomic mass is 10.1. The number of aryl methyl sites for hydroxylation is 1. The topological polar surface area (TPSA) is 34.6 Å². The third-order valence-electron chi connectivity index (χ3n) is 5.06. The molecule has 0 fully saturated rings. The van der Waals surface area contributed by atoms with E-state index in [1.807, 2.05) is 25.1 Å². The lowest BCUT2D eigenvalue weighted by Crippen LogP contribution is -2.33. The molecule has 0 amide bonds. The number of halogens is 2. The number of nitrogens with zero attached hydrogens (tertiary/aromatic N) is 2. The molecule has 1 aromatic heterocycles. The van der Waals surface area contributed by atoms with Crippen LogP contribution >= 0.6 is 34.5 Å². The smallest absolute Gasteiger partial charge is 0.186 e. The molecule has 0 bridgehead atoms. The van der Waals surface area contributed by atoms with Crippen LogP contribution in [-0.2, 0) is 9.47 Å². The van der Waals surface area contributed by atoms with Crippen LogP contribution in [0.15, 0.2) is 48.5 Å². The molecule has 0 radical (unpaired) electrons.